The number of aromatic nitrogens is 3. The van der Waals surface area contributed by atoms with E-state index < -0.39 is 11.1 Å². The minimum atomic E-state index is -0.815. The Morgan fingerprint density at radius 3 is 2.94 bits per heavy atom. The molecule has 17 heavy (non-hydrogen) atoms. The standard InChI is InChI=1S/C8H13N5O3S/c1-13-8(10-6(15)7(16)12-13)17-4-2-3-5(14)11-9/h2-4,9H2,1H3,(H,11,14)(H,12,16). The number of aryl methyl sites for hydroxylation is 1. The molecule has 0 saturated heterocycles. The third kappa shape index (κ3) is 4.04. The molecule has 1 heterocycles. The molecular weight excluding hydrogens is 246 g/mol. The van der Waals surface area contributed by atoms with E-state index in [4.69, 9.17) is 5.84 Å². The van der Waals surface area contributed by atoms with Crippen molar-refractivity contribution in [2.45, 2.75) is 18.0 Å². The van der Waals surface area contributed by atoms with E-state index in [-0.39, 0.29) is 5.91 Å². The molecule has 0 aromatic carbocycles. The Labute approximate surface area is 101 Å². The molecule has 0 spiro atoms. The molecule has 0 atom stereocenters. The maximum atomic E-state index is 11.0. The van der Waals surface area contributed by atoms with E-state index in [1.54, 1.807) is 7.05 Å². The molecule has 8 nitrogen and oxygen atoms in total. The Balaban J connectivity index is 2.53. The monoisotopic (exact) mass is 259 g/mol. The largest absolute Gasteiger partial charge is 0.339 e. The van der Waals surface area contributed by atoms with Crippen LogP contribution in [0.25, 0.3) is 0 Å². The number of rotatable bonds is 5. The Morgan fingerprint density at radius 1 is 1.59 bits per heavy atom. The smallest absolute Gasteiger partial charge is 0.294 e. The highest BCUT2D eigenvalue weighted by Crippen LogP contribution is 2.13. The van der Waals surface area contributed by atoms with Crippen molar-refractivity contribution in [3.8, 4) is 0 Å². The number of nitrogens with one attached hydrogen (secondary N) is 2. The summed E-state index contributed by atoms with van der Waals surface area (Å²) < 4.78 is 1.37. The summed E-state index contributed by atoms with van der Waals surface area (Å²) in [6, 6.07) is 0. The van der Waals surface area contributed by atoms with Gasteiger partial charge in [0.1, 0.15) is 0 Å². The number of nitrogens with zero attached hydrogens (tertiary/aromatic N) is 2. The van der Waals surface area contributed by atoms with Crippen LogP contribution >= 0.6 is 11.8 Å². The zero-order valence-corrected chi connectivity index (χ0v) is 10.0. The molecule has 0 radical (unpaired) electrons. The molecule has 0 unspecified atom stereocenters. The van der Waals surface area contributed by atoms with Crippen molar-refractivity contribution in [2.24, 2.45) is 12.9 Å². The van der Waals surface area contributed by atoms with E-state index in [0.717, 1.165) is 0 Å². The SMILES string of the molecule is Cn1[nH]c(=O)c(=O)nc1SCCCC(=O)NN. The van der Waals surface area contributed by atoms with E-state index in [1.165, 1.54) is 16.4 Å². The van der Waals surface area contributed by atoms with Gasteiger partial charge in [0.2, 0.25) is 5.91 Å². The number of hydrogen-bond donors (Lipinski definition) is 3. The Kier molecular flexibility index (Phi) is 4.91. The summed E-state index contributed by atoms with van der Waals surface area (Å²) in [7, 11) is 1.59. The molecule has 1 amide bonds. The number of thioether (sulfide) groups is 1. The predicted octanol–water partition coefficient (Wildman–Crippen LogP) is -1.67. The normalized spacial score (nSPS) is 10.2. The third-order valence-electron chi connectivity index (χ3n) is 1.89. The molecule has 0 aliphatic carbocycles. The number of nitrogens with two attached hydrogens (primary N) is 1. The first-order valence-electron chi connectivity index (χ1n) is 4.84. The molecule has 0 bridgehead atoms. The third-order valence-corrected chi connectivity index (χ3v) is 3.00. The Bertz CT molecular complexity index is 509. The van der Waals surface area contributed by atoms with Gasteiger partial charge < -0.3 is 0 Å². The van der Waals surface area contributed by atoms with Crippen LogP contribution in [0.3, 0.4) is 0 Å². The van der Waals surface area contributed by atoms with Crippen LogP contribution < -0.4 is 22.4 Å². The van der Waals surface area contributed by atoms with Gasteiger partial charge >= 0.3 is 11.1 Å². The topological polar surface area (TPSA) is 123 Å². The number of amides is 1. The van der Waals surface area contributed by atoms with Crippen LogP contribution in [0.5, 0.6) is 0 Å². The molecule has 0 saturated carbocycles. The lowest BCUT2D eigenvalue weighted by molar-refractivity contribution is -0.121. The minimum Gasteiger partial charge on any atom is -0.294 e. The minimum absolute atomic E-state index is 0.242. The number of carbonyl (C=O) groups is 1. The van der Waals surface area contributed by atoms with Crippen LogP contribution in [0.4, 0.5) is 0 Å². The first-order valence-corrected chi connectivity index (χ1v) is 5.82. The van der Waals surface area contributed by atoms with Gasteiger partial charge in [-0.2, -0.15) is 4.98 Å². The lowest BCUT2D eigenvalue weighted by Crippen LogP contribution is -2.33. The van der Waals surface area contributed by atoms with Crippen molar-refractivity contribution in [1.29, 1.82) is 0 Å². The van der Waals surface area contributed by atoms with E-state index in [2.05, 4.69) is 10.1 Å². The molecule has 1 aromatic rings. The van der Waals surface area contributed by atoms with Gasteiger partial charge in [0, 0.05) is 19.2 Å². The molecule has 1 rings (SSSR count). The summed E-state index contributed by atoms with van der Waals surface area (Å²) >= 11 is 1.28. The van der Waals surface area contributed by atoms with Crippen LogP contribution in [-0.4, -0.2) is 26.4 Å². The second-order valence-electron chi connectivity index (χ2n) is 3.22. The maximum absolute atomic E-state index is 11.0. The average Bonchev–Trinajstić information content (AvgIpc) is 2.30. The fourth-order valence-corrected chi connectivity index (χ4v) is 1.92. The van der Waals surface area contributed by atoms with Crippen LogP contribution in [0.15, 0.2) is 14.7 Å². The Hall–Kier alpha value is -1.61. The molecule has 0 aliphatic heterocycles. The zero-order valence-electron chi connectivity index (χ0n) is 9.23. The quantitative estimate of drug-likeness (QED) is 0.145. The summed E-state index contributed by atoms with van der Waals surface area (Å²) in [6.07, 6.45) is 0.906. The molecule has 0 aliphatic rings. The predicted molar refractivity (Wildman–Crippen MR) is 62.4 cm³/mol. The van der Waals surface area contributed by atoms with Gasteiger partial charge in [0.15, 0.2) is 5.16 Å². The maximum Gasteiger partial charge on any atom is 0.339 e. The fraction of sp³-hybridized carbons (Fsp3) is 0.500. The molecule has 94 valence electrons. The van der Waals surface area contributed by atoms with Gasteiger partial charge in [-0.15, -0.1) is 0 Å². The van der Waals surface area contributed by atoms with Crippen molar-refractivity contribution in [2.75, 3.05) is 5.75 Å². The van der Waals surface area contributed by atoms with Crippen LogP contribution in [-0.2, 0) is 11.8 Å². The summed E-state index contributed by atoms with van der Waals surface area (Å²) in [5.41, 5.74) is 0.460. The lowest BCUT2D eigenvalue weighted by Gasteiger charge is -2.05. The highest BCUT2D eigenvalue weighted by atomic mass is 32.2. The van der Waals surface area contributed by atoms with Gasteiger partial charge in [0.25, 0.3) is 0 Å². The van der Waals surface area contributed by atoms with E-state index in [0.29, 0.717) is 23.8 Å². The number of H-pyrrole nitrogens is 1. The van der Waals surface area contributed by atoms with Crippen LogP contribution in [0.1, 0.15) is 12.8 Å². The number of hydrogen-bond acceptors (Lipinski definition) is 6. The number of hydrazine groups is 1. The molecular formula is C8H13N5O3S. The molecule has 9 heteroatoms. The van der Waals surface area contributed by atoms with E-state index in [9.17, 15) is 14.4 Å². The van der Waals surface area contributed by atoms with Gasteiger partial charge in [-0.25, -0.2) is 5.84 Å². The van der Waals surface area contributed by atoms with Crippen LogP contribution in [0, 0.1) is 0 Å². The van der Waals surface area contributed by atoms with Crippen molar-refractivity contribution < 1.29 is 4.79 Å². The second-order valence-corrected chi connectivity index (χ2v) is 4.28. The van der Waals surface area contributed by atoms with Crippen molar-refractivity contribution in [3.63, 3.8) is 0 Å². The number of aromatic amines is 1. The molecule has 0 fully saturated rings. The molecule has 1 aromatic heterocycles. The second kappa shape index (κ2) is 6.21. The summed E-state index contributed by atoms with van der Waals surface area (Å²) in [6.45, 7) is 0. The number of carbonyl (C=O) groups excluding carboxylic acids is 1. The van der Waals surface area contributed by atoms with Gasteiger partial charge in [-0.05, 0) is 6.42 Å². The average molecular weight is 259 g/mol. The van der Waals surface area contributed by atoms with E-state index >= 15 is 0 Å². The van der Waals surface area contributed by atoms with Crippen molar-refractivity contribution in [3.05, 3.63) is 20.7 Å². The Morgan fingerprint density at radius 2 is 2.29 bits per heavy atom. The summed E-state index contributed by atoms with van der Waals surface area (Å²) in [5.74, 6) is 5.28. The van der Waals surface area contributed by atoms with E-state index in [1.807, 2.05) is 5.43 Å². The van der Waals surface area contributed by atoms with Crippen molar-refractivity contribution >= 4 is 17.7 Å². The fourth-order valence-electron chi connectivity index (χ4n) is 1.06. The lowest BCUT2D eigenvalue weighted by atomic mass is 10.3. The summed E-state index contributed by atoms with van der Waals surface area (Å²) in [5, 5.41) is 2.74. The van der Waals surface area contributed by atoms with Crippen molar-refractivity contribution in [1.82, 2.24) is 20.2 Å². The highest BCUT2D eigenvalue weighted by Gasteiger charge is 2.05. The van der Waals surface area contributed by atoms with Gasteiger partial charge in [-0.1, -0.05) is 11.8 Å². The van der Waals surface area contributed by atoms with Crippen LogP contribution in [0.2, 0.25) is 0 Å². The van der Waals surface area contributed by atoms with Gasteiger partial charge in [0.05, 0.1) is 0 Å². The first kappa shape index (κ1) is 13.5. The van der Waals surface area contributed by atoms with Gasteiger partial charge in [-0.3, -0.25) is 29.6 Å². The summed E-state index contributed by atoms with van der Waals surface area (Å²) in [4.78, 5) is 36.4. The first-order chi connectivity index (χ1) is 8.04. The molecule has 4 N–H and O–H groups in total. The highest BCUT2D eigenvalue weighted by molar-refractivity contribution is 7.99. The zero-order chi connectivity index (χ0) is 12.8.